The van der Waals surface area contributed by atoms with Crippen LogP contribution in [0.1, 0.15) is 30.8 Å². The summed E-state index contributed by atoms with van der Waals surface area (Å²) in [6.07, 6.45) is 0.464. The number of nitrogen functional groups attached to an aromatic ring is 2. The highest BCUT2D eigenvalue weighted by Crippen LogP contribution is 2.17. The van der Waals surface area contributed by atoms with Crippen LogP contribution in [0.3, 0.4) is 0 Å². The number of nitrogens with zero attached hydrogens (tertiary/aromatic N) is 2. The third-order valence-corrected chi connectivity index (χ3v) is 3.39. The molecule has 0 aromatic carbocycles. The Hall–Kier alpha value is -2.99. The number of halogens is 1. The highest BCUT2D eigenvalue weighted by atomic mass is 35.5. The molecule has 1 atom stereocenters. The van der Waals surface area contributed by atoms with Crippen molar-refractivity contribution in [1.29, 1.82) is 5.41 Å². The Labute approximate surface area is 160 Å². The number of guanidine groups is 1. The molecule has 10 N–H and O–H groups in total. The van der Waals surface area contributed by atoms with Crippen LogP contribution in [-0.4, -0.2) is 46.2 Å². The predicted molar refractivity (Wildman–Crippen MR) is 99.6 cm³/mol. The zero-order valence-electron chi connectivity index (χ0n) is 14.8. The molecule has 0 unspecified atom stereocenters. The van der Waals surface area contributed by atoms with E-state index in [9.17, 15) is 14.4 Å². The molecule has 0 aliphatic carbocycles. The number of carbonyl (C=O) groups is 3. The van der Waals surface area contributed by atoms with Crippen LogP contribution in [-0.2, 0) is 9.59 Å². The van der Waals surface area contributed by atoms with Gasteiger partial charge in [0.05, 0.1) is 12.6 Å². The number of nitrogens with two attached hydrogens (primary N) is 3. The van der Waals surface area contributed by atoms with E-state index in [1.165, 1.54) is 0 Å². The molecule has 13 heteroatoms. The summed E-state index contributed by atoms with van der Waals surface area (Å²) in [4.78, 5) is 42.8. The van der Waals surface area contributed by atoms with Crippen LogP contribution >= 0.6 is 11.6 Å². The van der Waals surface area contributed by atoms with E-state index in [4.69, 9.17) is 34.2 Å². The van der Waals surface area contributed by atoms with Crippen molar-refractivity contribution in [3.63, 3.8) is 0 Å². The van der Waals surface area contributed by atoms with Crippen LogP contribution in [0.5, 0.6) is 0 Å². The molecular weight excluding hydrogens is 378 g/mol. The molecule has 1 rings (SSSR count). The van der Waals surface area contributed by atoms with Crippen LogP contribution < -0.4 is 33.2 Å². The van der Waals surface area contributed by atoms with Crippen molar-refractivity contribution in [3.8, 4) is 0 Å². The summed E-state index contributed by atoms with van der Waals surface area (Å²) >= 11 is 5.67. The van der Waals surface area contributed by atoms with Gasteiger partial charge in [-0.1, -0.05) is 25.4 Å². The van der Waals surface area contributed by atoms with Crippen molar-refractivity contribution < 1.29 is 14.4 Å². The maximum Gasteiger partial charge on any atom is 0.280 e. The summed E-state index contributed by atoms with van der Waals surface area (Å²) in [7, 11) is 0. The van der Waals surface area contributed by atoms with E-state index < -0.39 is 36.3 Å². The molecule has 0 saturated carbocycles. The number of nitrogens with one attached hydrogen (secondary N) is 4. The van der Waals surface area contributed by atoms with E-state index in [-0.39, 0.29) is 28.4 Å². The van der Waals surface area contributed by atoms with Crippen molar-refractivity contribution in [2.75, 3.05) is 18.0 Å². The first kappa shape index (κ1) is 22.1. The second-order valence-electron chi connectivity index (χ2n) is 5.96. The Kier molecular flexibility index (Phi) is 7.87. The average molecular weight is 400 g/mol. The molecule has 0 radical (unpaired) electrons. The van der Waals surface area contributed by atoms with E-state index in [1.807, 2.05) is 19.2 Å². The molecule has 0 saturated heterocycles. The fourth-order valence-corrected chi connectivity index (χ4v) is 2.04. The molecule has 0 bridgehead atoms. The summed E-state index contributed by atoms with van der Waals surface area (Å²) in [5.74, 6) is -3.02. The quantitative estimate of drug-likeness (QED) is 0.221. The topological polar surface area (TPSA) is 215 Å². The van der Waals surface area contributed by atoms with Crippen molar-refractivity contribution in [2.24, 2.45) is 11.7 Å². The lowest BCUT2D eigenvalue weighted by Crippen LogP contribution is -2.49. The molecule has 0 aliphatic rings. The van der Waals surface area contributed by atoms with E-state index in [0.29, 0.717) is 6.42 Å². The third kappa shape index (κ3) is 7.03. The van der Waals surface area contributed by atoms with Gasteiger partial charge in [-0.05, 0) is 12.3 Å². The Bertz CT molecular complexity index is 754. The molecule has 1 aromatic heterocycles. The number of anilines is 2. The molecule has 0 aliphatic heterocycles. The summed E-state index contributed by atoms with van der Waals surface area (Å²) < 4.78 is 0. The van der Waals surface area contributed by atoms with E-state index in [0.717, 1.165) is 0 Å². The van der Waals surface area contributed by atoms with Gasteiger partial charge in [-0.2, -0.15) is 0 Å². The maximum absolute atomic E-state index is 12.0. The first-order valence-corrected chi connectivity index (χ1v) is 8.20. The molecule has 1 aromatic rings. The van der Waals surface area contributed by atoms with Crippen LogP contribution in [0, 0.1) is 11.3 Å². The van der Waals surface area contributed by atoms with Crippen LogP contribution in [0.4, 0.5) is 11.6 Å². The fraction of sp³-hybridized carbons (Fsp3) is 0.429. The van der Waals surface area contributed by atoms with Gasteiger partial charge in [0, 0.05) is 0 Å². The second kappa shape index (κ2) is 9.64. The zero-order chi connectivity index (χ0) is 20.7. The smallest absolute Gasteiger partial charge is 0.280 e. The molecular formula is C14H22ClN9O3. The van der Waals surface area contributed by atoms with E-state index >= 15 is 0 Å². The minimum atomic E-state index is -0.921. The van der Waals surface area contributed by atoms with Crippen LogP contribution in [0.15, 0.2) is 0 Å². The normalized spacial score (nSPS) is 11.6. The SMILES string of the molecule is CC(C)C[C@H](N)C(=O)NCC(=O)NC(=N)NC(=O)c1nc(Cl)c(N)nc1N. The Morgan fingerprint density at radius 1 is 1.15 bits per heavy atom. The van der Waals surface area contributed by atoms with Gasteiger partial charge in [0.2, 0.25) is 17.8 Å². The molecule has 27 heavy (non-hydrogen) atoms. The van der Waals surface area contributed by atoms with Gasteiger partial charge in [0.1, 0.15) is 0 Å². The number of hydrogen-bond donors (Lipinski definition) is 7. The van der Waals surface area contributed by atoms with E-state index in [2.05, 4.69) is 20.6 Å². The summed E-state index contributed by atoms with van der Waals surface area (Å²) in [6, 6.07) is -0.742. The fourth-order valence-electron chi connectivity index (χ4n) is 1.91. The number of hydrogen-bond acceptors (Lipinski definition) is 9. The third-order valence-electron chi connectivity index (χ3n) is 3.11. The lowest BCUT2D eigenvalue weighted by molar-refractivity contribution is -0.126. The van der Waals surface area contributed by atoms with E-state index in [1.54, 1.807) is 0 Å². The molecule has 148 valence electrons. The van der Waals surface area contributed by atoms with Gasteiger partial charge in [0.25, 0.3) is 5.91 Å². The molecule has 0 spiro atoms. The first-order chi connectivity index (χ1) is 12.5. The van der Waals surface area contributed by atoms with Gasteiger partial charge in [0.15, 0.2) is 22.5 Å². The molecule has 1 heterocycles. The van der Waals surface area contributed by atoms with Crippen molar-refractivity contribution in [1.82, 2.24) is 25.9 Å². The highest BCUT2D eigenvalue weighted by molar-refractivity contribution is 6.31. The lowest BCUT2D eigenvalue weighted by atomic mass is 10.0. The van der Waals surface area contributed by atoms with Crippen molar-refractivity contribution in [2.45, 2.75) is 26.3 Å². The minimum Gasteiger partial charge on any atom is -0.382 e. The summed E-state index contributed by atoms with van der Waals surface area (Å²) in [6.45, 7) is 3.41. The number of amides is 3. The van der Waals surface area contributed by atoms with Gasteiger partial charge < -0.3 is 22.5 Å². The molecule has 12 nitrogen and oxygen atoms in total. The average Bonchev–Trinajstić information content (AvgIpc) is 2.54. The van der Waals surface area contributed by atoms with Crippen LogP contribution in [0.25, 0.3) is 0 Å². The van der Waals surface area contributed by atoms with Gasteiger partial charge in [-0.25, -0.2) is 9.97 Å². The number of aromatic nitrogens is 2. The summed E-state index contributed by atoms with van der Waals surface area (Å²) in [5.41, 5.74) is 16.2. The predicted octanol–water partition coefficient (Wildman–Crippen LogP) is -1.44. The molecule has 3 amide bonds. The highest BCUT2D eigenvalue weighted by Gasteiger charge is 2.19. The standard InChI is InChI=1S/C14H22ClN9O3/c1-5(2)3-6(16)12(26)20-4-7(25)21-14(19)24-13(27)8-10(17)23-11(18)9(15)22-8/h5-6H,3-4,16H2,1-2H3,(H,20,26)(H4,17,18,23)(H3,19,21,24,25,27)/t6-/m0/s1. The summed E-state index contributed by atoms with van der Waals surface area (Å²) in [5, 5.41) is 13.8. The van der Waals surface area contributed by atoms with Crippen molar-refractivity contribution in [3.05, 3.63) is 10.8 Å². The first-order valence-electron chi connectivity index (χ1n) is 7.82. The number of carbonyl (C=O) groups excluding carboxylic acids is 3. The van der Waals surface area contributed by atoms with Gasteiger partial charge >= 0.3 is 0 Å². The molecule has 0 fully saturated rings. The maximum atomic E-state index is 12.0. The van der Waals surface area contributed by atoms with Crippen LogP contribution in [0.2, 0.25) is 5.15 Å². The van der Waals surface area contributed by atoms with Crippen molar-refractivity contribution >= 4 is 46.9 Å². The zero-order valence-corrected chi connectivity index (χ0v) is 15.6. The van der Waals surface area contributed by atoms with Gasteiger partial charge in [-0.15, -0.1) is 0 Å². The Balaban J connectivity index is 2.52. The second-order valence-corrected chi connectivity index (χ2v) is 6.32. The Morgan fingerprint density at radius 2 is 1.78 bits per heavy atom. The Morgan fingerprint density at radius 3 is 2.37 bits per heavy atom. The largest absolute Gasteiger partial charge is 0.382 e. The van der Waals surface area contributed by atoms with Gasteiger partial charge in [-0.3, -0.25) is 30.4 Å². The lowest BCUT2D eigenvalue weighted by Gasteiger charge is -2.14. The minimum absolute atomic E-state index is 0.152. The number of rotatable bonds is 6. The monoisotopic (exact) mass is 399 g/mol.